The SMILES string of the molecule is CC(C)(C)[Si](C)(C)OCC[C@@H]1[C@@H](OCc2ccccc2)[C@H](O)[C@H]2O[C@@H]1CC[C@H]2OCc1ccccc1. The predicted octanol–water partition coefficient (Wildman–Crippen LogP) is 6.11. The maximum atomic E-state index is 11.5. The summed E-state index contributed by atoms with van der Waals surface area (Å²) in [7, 11) is -1.85. The lowest BCUT2D eigenvalue weighted by atomic mass is 9.77. The standard InChI is InChI=1S/C30H44O5Si/c1-30(2,3)36(4,5)34-19-18-24-25-16-17-26(32-20-22-12-8-6-9-13-22)29(35-25)27(31)28(24)33-21-23-14-10-7-11-15-23/h6-15,24-29,31H,16-21H2,1-5H3/t24-,25+,26+,27-,28+,29-/m0/s1. The van der Waals surface area contributed by atoms with Gasteiger partial charge in [0.1, 0.15) is 12.2 Å². The molecule has 0 aromatic heterocycles. The Kier molecular flexibility index (Phi) is 9.08. The maximum absolute atomic E-state index is 11.5. The molecule has 36 heavy (non-hydrogen) atoms. The van der Waals surface area contributed by atoms with Crippen LogP contribution in [-0.4, -0.2) is 50.6 Å². The fraction of sp³-hybridized carbons (Fsp3) is 0.600. The first kappa shape index (κ1) is 27.5. The number of fused-ring (bicyclic) bond motifs is 2. The molecular weight excluding hydrogens is 468 g/mol. The van der Waals surface area contributed by atoms with Crippen molar-refractivity contribution in [3.05, 3.63) is 71.8 Å². The minimum Gasteiger partial charge on any atom is -0.417 e. The van der Waals surface area contributed by atoms with Gasteiger partial charge in [0.2, 0.25) is 0 Å². The molecule has 0 spiro atoms. The topological polar surface area (TPSA) is 57.2 Å². The molecule has 0 radical (unpaired) electrons. The van der Waals surface area contributed by atoms with Crippen LogP contribution in [0.2, 0.25) is 18.1 Å². The van der Waals surface area contributed by atoms with Crippen LogP contribution in [0.15, 0.2) is 60.7 Å². The van der Waals surface area contributed by atoms with Crippen molar-refractivity contribution in [1.82, 2.24) is 0 Å². The molecular formula is C30H44O5Si. The summed E-state index contributed by atoms with van der Waals surface area (Å²) in [6.07, 6.45) is 1.04. The van der Waals surface area contributed by atoms with E-state index in [1.54, 1.807) is 0 Å². The Hall–Kier alpha value is -1.54. The highest BCUT2D eigenvalue weighted by Gasteiger charge is 2.51. The fourth-order valence-corrected chi connectivity index (χ4v) is 6.14. The number of hydrogen-bond donors (Lipinski definition) is 1. The van der Waals surface area contributed by atoms with Crippen molar-refractivity contribution in [2.24, 2.45) is 5.92 Å². The van der Waals surface area contributed by atoms with Gasteiger partial charge in [0.25, 0.3) is 0 Å². The van der Waals surface area contributed by atoms with Crippen LogP contribution in [0, 0.1) is 5.92 Å². The van der Waals surface area contributed by atoms with Gasteiger partial charge in [-0.1, -0.05) is 81.4 Å². The molecule has 2 heterocycles. The maximum Gasteiger partial charge on any atom is 0.191 e. The summed E-state index contributed by atoms with van der Waals surface area (Å²) in [5.41, 5.74) is 2.23. The minimum atomic E-state index is -1.85. The van der Waals surface area contributed by atoms with Crippen molar-refractivity contribution in [1.29, 1.82) is 0 Å². The third-order valence-electron chi connectivity index (χ3n) is 8.32. The number of rotatable bonds is 10. The van der Waals surface area contributed by atoms with Gasteiger partial charge < -0.3 is 23.7 Å². The van der Waals surface area contributed by atoms with Crippen LogP contribution in [-0.2, 0) is 31.9 Å². The Morgan fingerprint density at radius 2 is 1.47 bits per heavy atom. The van der Waals surface area contributed by atoms with Crippen molar-refractivity contribution in [2.45, 2.75) is 102 Å². The zero-order valence-electron chi connectivity index (χ0n) is 22.6. The zero-order chi connectivity index (χ0) is 25.8. The van der Waals surface area contributed by atoms with E-state index in [9.17, 15) is 5.11 Å². The molecule has 0 amide bonds. The van der Waals surface area contributed by atoms with Crippen LogP contribution >= 0.6 is 0 Å². The second-order valence-corrected chi connectivity index (χ2v) is 16.7. The largest absolute Gasteiger partial charge is 0.417 e. The molecule has 5 nitrogen and oxygen atoms in total. The monoisotopic (exact) mass is 512 g/mol. The highest BCUT2D eigenvalue weighted by Crippen LogP contribution is 2.41. The number of ether oxygens (including phenoxy) is 3. The molecule has 6 atom stereocenters. The molecule has 2 aliphatic heterocycles. The summed E-state index contributed by atoms with van der Waals surface area (Å²) in [6, 6.07) is 20.3. The van der Waals surface area contributed by atoms with E-state index in [1.807, 2.05) is 36.4 Å². The summed E-state index contributed by atoms with van der Waals surface area (Å²) in [5.74, 6) is 0.0832. The molecule has 0 saturated carbocycles. The fourth-order valence-electron chi connectivity index (χ4n) is 5.08. The number of aliphatic hydroxyl groups excluding tert-OH is 1. The van der Waals surface area contributed by atoms with Crippen LogP contribution in [0.1, 0.15) is 51.2 Å². The zero-order valence-corrected chi connectivity index (χ0v) is 23.6. The van der Waals surface area contributed by atoms with E-state index in [4.69, 9.17) is 18.6 Å². The summed E-state index contributed by atoms with van der Waals surface area (Å²) in [4.78, 5) is 0. The van der Waals surface area contributed by atoms with Gasteiger partial charge >= 0.3 is 0 Å². The Bertz CT molecular complexity index is 929. The predicted molar refractivity (Wildman–Crippen MR) is 145 cm³/mol. The number of hydrogen-bond acceptors (Lipinski definition) is 5. The molecule has 0 aliphatic carbocycles. The van der Waals surface area contributed by atoms with Crippen molar-refractivity contribution in [2.75, 3.05) is 6.61 Å². The van der Waals surface area contributed by atoms with Crippen molar-refractivity contribution in [3.8, 4) is 0 Å². The molecule has 4 rings (SSSR count). The van der Waals surface area contributed by atoms with E-state index in [0.29, 0.717) is 19.8 Å². The third-order valence-corrected chi connectivity index (χ3v) is 12.9. The minimum absolute atomic E-state index is 0.0405. The Morgan fingerprint density at radius 1 is 0.889 bits per heavy atom. The van der Waals surface area contributed by atoms with Gasteiger partial charge in [-0.3, -0.25) is 0 Å². The van der Waals surface area contributed by atoms with Crippen LogP contribution in [0.25, 0.3) is 0 Å². The van der Waals surface area contributed by atoms with E-state index in [2.05, 4.69) is 58.1 Å². The van der Waals surface area contributed by atoms with Gasteiger partial charge in [-0.25, -0.2) is 0 Å². The van der Waals surface area contributed by atoms with E-state index < -0.39 is 14.4 Å². The van der Waals surface area contributed by atoms with E-state index in [1.165, 1.54) is 0 Å². The Labute approximate surface area is 218 Å². The normalized spacial score (nSPS) is 28.7. The van der Waals surface area contributed by atoms with Crippen LogP contribution in [0.3, 0.4) is 0 Å². The van der Waals surface area contributed by atoms with Gasteiger partial charge in [-0.2, -0.15) is 0 Å². The highest BCUT2D eigenvalue weighted by molar-refractivity contribution is 6.74. The molecule has 2 aromatic rings. The Morgan fingerprint density at radius 3 is 2.06 bits per heavy atom. The first-order chi connectivity index (χ1) is 17.2. The molecule has 2 aliphatic rings. The molecule has 2 aromatic carbocycles. The van der Waals surface area contributed by atoms with Gasteiger partial charge in [0.05, 0.1) is 31.5 Å². The average molecular weight is 513 g/mol. The van der Waals surface area contributed by atoms with E-state index >= 15 is 0 Å². The van der Waals surface area contributed by atoms with Crippen molar-refractivity contribution in [3.63, 3.8) is 0 Å². The summed E-state index contributed by atoms with van der Waals surface area (Å²) < 4.78 is 25.7. The summed E-state index contributed by atoms with van der Waals surface area (Å²) in [5, 5.41) is 11.7. The third kappa shape index (κ3) is 6.66. The summed E-state index contributed by atoms with van der Waals surface area (Å²) >= 11 is 0. The lowest BCUT2D eigenvalue weighted by Crippen LogP contribution is -2.62. The second-order valence-electron chi connectivity index (χ2n) is 11.9. The lowest BCUT2D eigenvalue weighted by molar-refractivity contribution is -0.268. The van der Waals surface area contributed by atoms with Gasteiger partial charge in [-0.05, 0) is 48.5 Å². The number of benzene rings is 2. The van der Waals surface area contributed by atoms with Crippen molar-refractivity contribution >= 4 is 8.32 Å². The van der Waals surface area contributed by atoms with E-state index in [-0.39, 0.29) is 35.4 Å². The molecule has 2 saturated heterocycles. The van der Waals surface area contributed by atoms with Gasteiger partial charge in [0, 0.05) is 12.5 Å². The molecule has 2 fully saturated rings. The quantitative estimate of drug-likeness (QED) is 0.389. The molecule has 1 N–H and O–H groups in total. The highest BCUT2D eigenvalue weighted by atomic mass is 28.4. The lowest BCUT2D eigenvalue weighted by Gasteiger charge is -2.50. The first-order valence-corrected chi connectivity index (χ1v) is 16.3. The van der Waals surface area contributed by atoms with Crippen LogP contribution < -0.4 is 0 Å². The smallest absolute Gasteiger partial charge is 0.191 e. The number of aliphatic hydroxyl groups is 1. The second kappa shape index (κ2) is 11.9. The summed E-state index contributed by atoms with van der Waals surface area (Å²) in [6.45, 7) is 13.0. The molecule has 198 valence electrons. The molecule has 6 heteroatoms. The molecule has 2 bridgehead atoms. The van der Waals surface area contributed by atoms with Crippen LogP contribution in [0.5, 0.6) is 0 Å². The average Bonchev–Trinajstić information content (AvgIpc) is 2.86. The Balaban J connectivity index is 1.44. The van der Waals surface area contributed by atoms with Crippen molar-refractivity contribution < 1.29 is 23.7 Å². The van der Waals surface area contributed by atoms with E-state index in [0.717, 1.165) is 30.4 Å². The first-order valence-electron chi connectivity index (χ1n) is 13.4. The van der Waals surface area contributed by atoms with Gasteiger partial charge in [-0.15, -0.1) is 0 Å². The van der Waals surface area contributed by atoms with Gasteiger partial charge in [0.15, 0.2) is 8.32 Å². The molecule has 0 unspecified atom stereocenters. The van der Waals surface area contributed by atoms with Crippen LogP contribution in [0.4, 0.5) is 0 Å².